The minimum absolute atomic E-state index is 0.0190. The van der Waals surface area contributed by atoms with Crippen LogP contribution in [0.1, 0.15) is 12.5 Å². The average Bonchev–Trinajstić information content (AvgIpc) is 2.48. The number of nitrogens with one attached hydrogen (secondary N) is 2. The molecule has 9 heteroatoms. The van der Waals surface area contributed by atoms with Gasteiger partial charge in [0, 0.05) is 18.2 Å². The van der Waals surface area contributed by atoms with E-state index in [9.17, 15) is 15.2 Å². The van der Waals surface area contributed by atoms with E-state index in [-0.39, 0.29) is 17.5 Å². The summed E-state index contributed by atoms with van der Waals surface area (Å²) in [5.74, 6) is -0.495. The Morgan fingerprint density at radius 2 is 2.36 bits per heavy atom. The average molecular weight is 324 g/mol. The van der Waals surface area contributed by atoms with E-state index >= 15 is 0 Å². The Bertz CT molecular complexity index is 604. The second kappa shape index (κ2) is 8.57. The molecule has 0 atom stereocenters. The molecule has 0 aliphatic carbocycles. The summed E-state index contributed by atoms with van der Waals surface area (Å²) in [4.78, 5) is 10.2. The summed E-state index contributed by atoms with van der Waals surface area (Å²) in [6, 6.07) is 2.63. The molecular formula is C13H16N4O4S. The molecule has 0 saturated carbocycles. The van der Waals surface area contributed by atoms with Crippen molar-refractivity contribution < 1.29 is 14.8 Å². The van der Waals surface area contributed by atoms with Crippen LogP contribution in [-0.4, -0.2) is 34.5 Å². The Morgan fingerprint density at radius 1 is 1.64 bits per heavy atom. The van der Waals surface area contributed by atoms with Crippen LogP contribution in [0.5, 0.6) is 11.5 Å². The molecule has 0 heterocycles. The molecule has 0 aliphatic heterocycles. The topological polar surface area (TPSA) is 109 Å². The summed E-state index contributed by atoms with van der Waals surface area (Å²) >= 11 is 4.93. The van der Waals surface area contributed by atoms with Crippen molar-refractivity contribution in [1.82, 2.24) is 10.7 Å². The summed E-state index contributed by atoms with van der Waals surface area (Å²) in [5, 5.41) is 27.6. The molecule has 0 amide bonds. The van der Waals surface area contributed by atoms with Crippen LogP contribution in [0, 0.1) is 10.1 Å². The fourth-order valence-corrected chi connectivity index (χ4v) is 1.60. The molecule has 0 fully saturated rings. The number of nitro groups is 1. The SMILES string of the molecule is C=CCNC(=S)N/N=C\c1cc(OCC)c(O)c([N+](=O)[O-])c1. The number of phenolic OH excluding ortho intramolecular Hbond substituents is 1. The molecule has 0 radical (unpaired) electrons. The first-order valence-electron chi connectivity index (χ1n) is 6.31. The molecule has 0 bridgehead atoms. The van der Waals surface area contributed by atoms with Crippen LogP contribution in [0.25, 0.3) is 0 Å². The highest BCUT2D eigenvalue weighted by Gasteiger charge is 2.19. The molecular weight excluding hydrogens is 308 g/mol. The van der Waals surface area contributed by atoms with Gasteiger partial charge in [0.1, 0.15) is 0 Å². The van der Waals surface area contributed by atoms with Crippen molar-refractivity contribution in [2.75, 3.05) is 13.2 Å². The van der Waals surface area contributed by atoms with E-state index in [4.69, 9.17) is 17.0 Å². The van der Waals surface area contributed by atoms with Crippen LogP contribution in [-0.2, 0) is 0 Å². The second-order valence-corrected chi connectivity index (χ2v) is 4.35. The molecule has 118 valence electrons. The lowest BCUT2D eigenvalue weighted by molar-refractivity contribution is -0.386. The number of hydrazone groups is 1. The molecule has 1 rings (SSSR count). The van der Waals surface area contributed by atoms with E-state index in [0.717, 1.165) is 0 Å². The molecule has 3 N–H and O–H groups in total. The number of hydrogen-bond acceptors (Lipinski definition) is 6. The third kappa shape index (κ3) is 5.02. The highest BCUT2D eigenvalue weighted by Crippen LogP contribution is 2.36. The number of thiocarbonyl (C=S) groups is 1. The largest absolute Gasteiger partial charge is 0.500 e. The Kier molecular flexibility index (Phi) is 6.77. The van der Waals surface area contributed by atoms with Crippen molar-refractivity contribution in [3.63, 3.8) is 0 Å². The van der Waals surface area contributed by atoms with E-state index in [0.29, 0.717) is 12.1 Å². The van der Waals surface area contributed by atoms with Crippen molar-refractivity contribution in [2.45, 2.75) is 6.92 Å². The van der Waals surface area contributed by atoms with Crippen molar-refractivity contribution in [1.29, 1.82) is 0 Å². The first kappa shape index (κ1) is 17.4. The van der Waals surface area contributed by atoms with Crippen LogP contribution >= 0.6 is 12.2 Å². The number of aromatic hydroxyl groups is 1. The van der Waals surface area contributed by atoms with E-state index in [1.807, 2.05) is 0 Å². The van der Waals surface area contributed by atoms with Gasteiger partial charge in [-0.15, -0.1) is 6.58 Å². The van der Waals surface area contributed by atoms with Crippen LogP contribution < -0.4 is 15.5 Å². The van der Waals surface area contributed by atoms with E-state index < -0.39 is 16.4 Å². The van der Waals surface area contributed by atoms with Crippen molar-refractivity contribution >= 4 is 29.2 Å². The smallest absolute Gasteiger partial charge is 0.315 e. The molecule has 1 aromatic carbocycles. The highest BCUT2D eigenvalue weighted by molar-refractivity contribution is 7.80. The molecule has 0 saturated heterocycles. The van der Waals surface area contributed by atoms with Gasteiger partial charge in [-0.1, -0.05) is 6.08 Å². The highest BCUT2D eigenvalue weighted by atomic mass is 32.1. The van der Waals surface area contributed by atoms with Crippen LogP contribution in [0.4, 0.5) is 5.69 Å². The Balaban J connectivity index is 2.92. The summed E-state index contributed by atoms with van der Waals surface area (Å²) < 4.78 is 5.16. The van der Waals surface area contributed by atoms with Gasteiger partial charge in [0.25, 0.3) is 0 Å². The first-order valence-corrected chi connectivity index (χ1v) is 6.72. The van der Waals surface area contributed by atoms with Crippen molar-refractivity contribution in [3.05, 3.63) is 40.5 Å². The Hall–Kier alpha value is -2.68. The van der Waals surface area contributed by atoms with Gasteiger partial charge in [-0.2, -0.15) is 5.10 Å². The predicted octanol–water partition coefficient (Wildman–Crippen LogP) is 1.68. The number of hydrogen-bond donors (Lipinski definition) is 3. The third-order valence-electron chi connectivity index (χ3n) is 2.36. The molecule has 8 nitrogen and oxygen atoms in total. The number of benzene rings is 1. The lowest BCUT2D eigenvalue weighted by Crippen LogP contribution is -2.31. The number of rotatable bonds is 7. The third-order valence-corrected chi connectivity index (χ3v) is 2.60. The monoisotopic (exact) mass is 324 g/mol. The van der Waals surface area contributed by atoms with Gasteiger partial charge in [0.05, 0.1) is 17.7 Å². The maximum atomic E-state index is 10.9. The zero-order chi connectivity index (χ0) is 16.5. The van der Waals surface area contributed by atoms with Crippen LogP contribution in [0.2, 0.25) is 0 Å². The molecule has 0 unspecified atom stereocenters. The van der Waals surface area contributed by atoms with Crippen LogP contribution in [0.3, 0.4) is 0 Å². The zero-order valence-electron chi connectivity index (χ0n) is 11.9. The van der Waals surface area contributed by atoms with Gasteiger partial charge in [0.2, 0.25) is 5.75 Å². The van der Waals surface area contributed by atoms with E-state index in [1.165, 1.54) is 18.3 Å². The Morgan fingerprint density at radius 3 is 2.95 bits per heavy atom. The lowest BCUT2D eigenvalue weighted by atomic mass is 10.2. The molecule has 0 aliphatic rings. The van der Waals surface area contributed by atoms with Gasteiger partial charge in [-0.05, 0) is 25.2 Å². The van der Waals surface area contributed by atoms with Gasteiger partial charge >= 0.3 is 5.69 Å². The molecule has 0 spiro atoms. The van der Waals surface area contributed by atoms with E-state index in [2.05, 4.69) is 22.4 Å². The summed E-state index contributed by atoms with van der Waals surface area (Å²) in [7, 11) is 0. The standard InChI is InChI=1S/C13H16N4O4S/c1-3-5-14-13(22)16-15-8-9-6-10(17(19)20)12(18)11(7-9)21-4-2/h3,6-8,18H,1,4-5H2,2H3,(H2,14,16,22)/b15-8-. The summed E-state index contributed by atoms with van der Waals surface area (Å²) in [6.07, 6.45) is 2.96. The Labute approximate surface area is 132 Å². The molecule has 1 aromatic rings. The normalized spacial score (nSPS) is 10.2. The first-order chi connectivity index (χ1) is 10.5. The minimum atomic E-state index is -0.696. The minimum Gasteiger partial charge on any atom is -0.500 e. The zero-order valence-corrected chi connectivity index (χ0v) is 12.7. The fourth-order valence-electron chi connectivity index (χ4n) is 1.46. The number of phenols is 1. The summed E-state index contributed by atoms with van der Waals surface area (Å²) in [5.41, 5.74) is 2.47. The van der Waals surface area contributed by atoms with E-state index in [1.54, 1.807) is 13.0 Å². The van der Waals surface area contributed by atoms with Crippen LogP contribution in [0.15, 0.2) is 29.9 Å². The lowest BCUT2D eigenvalue weighted by Gasteiger charge is -2.07. The quantitative estimate of drug-likeness (QED) is 0.230. The number of nitro benzene ring substituents is 1. The van der Waals surface area contributed by atoms with Gasteiger partial charge < -0.3 is 15.2 Å². The number of ether oxygens (including phenoxy) is 1. The predicted molar refractivity (Wildman–Crippen MR) is 87.5 cm³/mol. The van der Waals surface area contributed by atoms with Crippen molar-refractivity contribution in [2.24, 2.45) is 5.10 Å². The molecule has 0 aromatic heterocycles. The number of nitrogens with zero attached hydrogens (tertiary/aromatic N) is 2. The van der Waals surface area contributed by atoms with Gasteiger partial charge in [0.15, 0.2) is 10.9 Å². The molecule has 22 heavy (non-hydrogen) atoms. The summed E-state index contributed by atoms with van der Waals surface area (Å²) in [6.45, 7) is 5.99. The maximum Gasteiger partial charge on any atom is 0.315 e. The maximum absolute atomic E-state index is 10.9. The van der Waals surface area contributed by atoms with Gasteiger partial charge in [-0.3, -0.25) is 15.5 Å². The fraction of sp³-hybridized carbons (Fsp3) is 0.231. The second-order valence-electron chi connectivity index (χ2n) is 3.95. The van der Waals surface area contributed by atoms with Gasteiger partial charge in [-0.25, -0.2) is 0 Å². The van der Waals surface area contributed by atoms with Crippen molar-refractivity contribution in [3.8, 4) is 11.5 Å².